The van der Waals surface area contributed by atoms with Crippen LogP contribution < -0.4 is 17.0 Å². The molecule has 0 rings (SSSR count). The molecule has 0 spiro atoms. The average Bonchev–Trinajstić information content (AvgIpc) is 1.30. The molecular weight excluding hydrogens is 233 g/mol. The Hall–Kier alpha value is 0.643. The second-order valence-corrected chi connectivity index (χ2v) is 2.36. The summed E-state index contributed by atoms with van der Waals surface area (Å²) >= 11 is 0. The SMILES string of the molecule is C=[C]OC(C)(C)C.[Br-].[Zn]. The standard InChI is InChI=1S/C6H11O.BrH.Zn/c1-5-7-6(2,3)4;;/h1H2,2-4H3;1H;/p-1. The van der Waals surface area contributed by atoms with Crippen LogP contribution in [0.1, 0.15) is 20.8 Å². The van der Waals surface area contributed by atoms with Crippen molar-refractivity contribution < 1.29 is 41.2 Å². The van der Waals surface area contributed by atoms with E-state index in [1.54, 1.807) is 0 Å². The largest absolute Gasteiger partial charge is 1.00 e. The van der Waals surface area contributed by atoms with Crippen LogP contribution in [0.25, 0.3) is 0 Å². The van der Waals surface area contributed by atoms with Crippen LogP contribution in [-0.4, -0.2) is 5.60 Å². The van der Waals surface area contributed by atoms with Crippen molar-refractivity contribution in [2.75, 3.05) is 0 Å². The third-order valence-corrected chi connectivity index (χ3v) is 0.378. The van der Waals surface area contributed by atoms with E-state index >= 15 is 0 Å². The van der Waals surface area contributed by atoms with E-state index in [4.69, 9.17) is 4.74 Å². The third-order valence-electron chi connectivity index (χ3n) is 0.378. The van der Waals surface area contributed by atoms with Crippen molar-refractivity contribution in [3.8, 4) is 0 Å². The Kier molecular flexibility index (Phi) is 12.3. The van der Waals surface area contributed by atoms with Crippen LogP contribution >= 0.6 is 0 Å². The number of ether oxygens (including phenoxy) is 1. The molecule has 0 aromatic carbocycles. The molecule has 0 saturated carbocycles. The Morgan fingerprint density at radius 3 is 1.67 bits per heavy atom. The fraction of sp³-hybridized carbons (Fsp3) is 0.667. The Labute approximate surface area is 80.4 Å². The molecule has 0 aliphatic heterocycles. The molecule has 51 valence electrons. The number of rotatable bonds is 1. The first kappa shape index (κ1) is 16.3. The molecule has 0 atom stereocenters. The molecule has 1 radical (unpaired) electrons. The van der Waals surface area contributed by atoms with E-state index in [0.29, 0.717) is 0 Å². The summed E-state index contributed by atoms with van der Waals surface area (Å²) in [6, 6.07) is 0. The molecule has 0 saturated heterocycles. The Balaban J connectivity index is -0.000000180. The fourth-order valence-electron chi connectivity index (χ4n) is 0.217. The minimum absolute atomic E-state index is 0. The Morgan fingerprint density at radius 1 is 1.33 bits per heavy atom. The molecule has 0 fully saturated rings. The Bertz CT molecular complexity index is 67.9. The number of hydrogen-bond donors (Lipinski definition) is 0. The monoisotopic (exact) mass is 242 g/mol. The van der Waals surface area contributed by atoms with Crippen molar-refractivity contribution in [3.63, 3.8) is 0 Å². The molecule has 0 heterocycles. The zero-order valence-electron chi connectivity index (χ0n) is 6.20. The predicted molar refractivity (Wildman–Crippen MR) is 29.7 cm³/mol. The van der Waals surface area contributed by atoms with E-state index in [1.165, 1.54) is 0 Å². The van der Waals surface area contributed by atoms with Gasteiger partial charge in [-0.1, -0.05) is 6.58 Å². The summed E-state index contributed by atoms with van der Waals surface area (Å²) in [4.78, 5) is 0. The van der Waals surface area contributed by atoms with Gasteiger partial charge in [0, 0.05) is 19.5 Å². The molecule has 0 aromatic rings. The maximum Gasteiger partial charge on any atom is 0.154 e. The van der Waals surface area contributed by atoms with Gasteiger partial charge < -0.3 is 21.7 Å². The molecule has 0 aliphatic rings. The number of halogens is 1. The van der Waals surface area contributed by atoms with Crippen molar-refractivity contribution in [2.45, 2.75) is 26.4 Å². The van der Waals surface area contributed by atoms with Crippen LogP contribution in [0.5, 0.6) is 0 Å². The third kappa shape index (κ3) is 17.7. The molecule has 0 aliphatic carbocycles. The van der Waals surface area contributed by atoms with Crippen LogP contribution in [0.4, 0.5) is 0 Å². The Morgan fingerprint density at radius 2 is 1.67 bits per heavy atom. The fourth-order valence-corrected chi connectivity index (χ4v) is 0.217. The summed E-state index contributed by atoms with van der Waals surface area (Å²) < 4.78 is 4.87. The molecule has 0 N–H and O–H groups in total. The van der Waals surface area contributed by atoms with Crippen LogP contribution in [0.2, 0.25) is 0 Å². The molecule has 0 amide bonds. The van der Waals surface area contributed by atoms with E-state index in [1.807, 2.05) is 20.8 Å². The van der Waals surface area contributed by atoms with Gasteiger partial charge >= 0.3 is 0 Å². The molecular formula is C6H11BrOZn-. The molecule has 3 heteroatoms. The predicted octanol–water partition coefficient (Wildman–Crippen LogP) is -1.25. The first-order chi connectivity index (χ1) is 3.06. The van der Waals surface area contributed by atoms with E-state index < -0.39 is 0 Å². The van der Waals surface area contributed by atoms with Crippen molar-refractivity contribution in [3.05, 3.63) is 12.8 Å². The van der Waals surface area contributed by atoms with Gasteiger partial charge in [-0.05, 0) is 20.8 Å². The average molecular weight is 244 g/mol. The normalized spacial score (nSPS) is 8.33. The van der Waals surface area contributed by atoms with Crippen molar-refractivity contribution in [2.24, 2.45) is 0 Å². The van der Waals surface area contributed by atoms with E-state index in [0.717, 1.165) is 0 Å². The minimum Gasteiger partial charge on any atom is -1.00 e. The van der Waals surface area contributed by atoms with Gasteiger partial charge in [0.2, 0.25) is 0 Å². The van der Waals surface area contributed by atoms with Crippen molar-refractivity contribution in [1.82, 2.24) is 0 Å². The summed E-state index contributed by atoms with van der Waals surface area (Å²) in [5, 5.41) is 0. The smallest absolute Gasteiger partial charge is 0.154 e. The summed E-state index contributed by atoms with van der Waals surface area (Å²) in [6.45, 7) is 9.15. The van der Waals surface area contributed by atoms with E-state index in [2.05, 4.69) is 12.8 Å². The van der Waals surface area contributed by atoms with E-state index in [9.17, 15) is 0 Å². The summed E-state index contributed by atoms with van der Waals surface area (Å²) in [5.41, 5.74) is -0.123. The first-order valence-electron chi connectivity index (χ1n) is 2.26. The van der Waals surface area contributed by atoms with Gasteiger partial charge in [-0.25, -0.2) is 0 Å². The second-order valence-electron chi connectivity index (χ2n) is 2.36. The second kappa shape index (κ2) is 6.76. The van der Waals surface area contributed by atoms with Gasteiger partial charge in [-0.15, -0.1) is 0 Å². The summed E-state index contributed by atoms with van der Waals surface area (Å²) in [5.74, 6) is 0. The quantitative estimate of drug-likeness (QED) is 0.414. The van der Waals surface area contributed by atoms with Crippen LogP contribution in [0.3, 0.4) is 0 Å². The van der Waals surface area contributed by atoms with Gasteiger partial charge in [0.15, 0.2) is 6.26 Å². The maximum atomic E-state index is 4.87. The number of hydrogen-bond acceptors (Lipinski definition) is 1. The molecule has 0 bridgehead atoms. The van der Waals surface area contributed by atoms with Crippen molar-refractivity contribution in [1.29, 1.82) is 0 Å². The van der Waals surface area contributed by atoms with Gasteiger partial charge in [-0.3, -0.25) is 0 Å². The van der Waals surface area contributed by atoms with Crippen molar-refractivity contribution >= 4 is 0 Å². The van der Waals surface area contributed by atoms with Gasteiger partial charge in [0.05, 0.1) is 0 Å². The molecule has 0 unspecified atom stereocenters. The topological polar surface area (TPSA) is 9.23 Å². The first-order valence-corrected chi connectivity index (χ1v) is 2.26. The molecule has 9 heavy (non-hydrogen) atoms. The summed E-state index contributed by atoms with van der Waals surface area (Å²) in [7, 11) is 0. The zero-order valence-corrected chi connectivity index (χ0v) is 10.8. The van der Waals surface area contributed by atoms with Crippen LogP contribution in [-0.2, 0) is 24.2 Å². The molecule has 1 nitrogen and oxygen atoms in total. The van der Waals surface area contributed by atoms with Crippen LogP contribution in [0.15, 0.2) is 6.58 Å². The van der Waals surface area contributed by atoms with Crippen LogP contribution in [0, 0.1) is 6.26 Å². The van der Waals surface area contributed by atoms with Gasteiger partial charge in [-0.2, -0.15) is 0 Å². The summed E-state index contributed by atoms with van der Waals surface area (Å²) in [6.07, 6.45) is 2.36. The minimum atomic E-state index is -0.123. The zero-order chi connectivity index (χ0) is 5.91. The van der Waals surface area contributed by atoms with Gasteiger partial charge in [0.25, 0.3) is 0 Å². The molecule has 0 aromatic heterocycles. The van der Waals surface area contributed by atoms with Gasteiger partial charge in [0.1, 0.15) is 5.60 Å². The van der Waals surface area contributed by atoms with E-state index in [-0.39, 0.29) is 42.1 Å². The maximum absolute atomic E-state index is 4.87.